The monoisotopic (exact) mass is 637 g/mol. The van der Waals surface area contributed by atoms with Crippen LogP contribution in [-0.4, -0.2) is 19.6 Å². The summed E-state index contributed by atoms with van der Waals surface area (Å²) in [6.07, 6.45) is 45.3. The summed E-state index contributed by atoms with van der Waals surface area (Å²) < 4.78 is 37.5. The summed E-state index contributed by atoms with van der Waals surface area (Å²) in [5.41, 5.74) is 0. The van der Waals surface area contributed by atoms with Crippen molar-refractivity contribution in [2.24, 2.45) is 5.92 Å². The van der Waals surface area contributed by atoms with E-state index in [9.17, 15) is 13.0 Å². The second-order valence-corrected chi connectivity index (χ2v) is 14.1. The summed E-state index contributed by atoms with van der Waals surface area (Å²) in [5, 5.41) is 0. The maximum absolute atomic E-state index is 11.0. The van der Waals surface area contributed by atoms with Gasteiger partial charge in [-0.05, 0) is 19.3 Å². The molecule has 0 aromatic rings. The third-order valence-electron chi connectivity index (χ3n) is 8.74. The van der Waals surface area contributed by atoms with E-state index in [1.54, 1.807) is 0 Å². The quantitative estimate of drug-likeness (QED) is 0.0228. The Labute approximate surface area is 293 Å². The molecule has 0 aliphatic heterocycles. The summed E-state index contributed by atoms with van der Waals surface area (Å²) >= 11 is 0. The molecule has 0 saturated heterocycles. The van der Waals surface area contributed by atoms with Crippen molar-refractivity contribution in [3.05, 3.63) is 12.2 Å². The Kier molecular flexibility index (Phi) is 39.4. The fourth-order valence-electron chi connectivity index (χ4n) is 5.93. The van der Waals surface area contributed by atoms with Gasteiger partial charge in [-0.3, -0.25) is 4.18 Å². The first-order valence-electron chi connectivity index (χ1n) is 18.8. The van der Waals surface area contributed by atoms with Crippen molar-refractivity contribution in [2.75, 3.05) is 6.61 Å². The molecule has 0 saturated carbocycles. The summed E-state index contributed by atoms with van der Waals surface area (Å²) in [7, 11) is -4.62. The van der Waals surface area contributed by atoms with Gasteiger partial charge in [0.15, 0.2) is 0 Å². The first kappa shape index (κ1) is 45.7. The normalized spacial score (nSPS) is 12.6. The topological polar surface area (TPSA) is 66.4 Å². The molecule has 1 atom stereocenters. The van der Waals surface area contributed by atoms with Gasteiger partial charge in [0.1, 0.15) is 0 Å². The van der Waals surface area contributed by atoms with Gasteiger partial charge in [-0.15, -0.1) is 0 Å². The van der Waals surface area contributed by atoms with E-state index in [0.717, 1.165) is 19.3 Å². The van der Waals surface area contributed by atoms with E-state index >= 15 is 0 Å². The minimum atomic E-state index is -4.62. The SMILES string of the molecule is CCCCCCCCCCCCCCCCCCC/C=C/C(CCCCCCCCCCCCCC)COS(=O)(=O)[O-].[Na+]. The molecule has 6 heteroatoms. The van der Waals surface area contributed by atoms with Gasteiger partial charge >= 0.3 is 29.6 Å². The van der Waals surface area contributed by atoms with Crippen molar-refractivity contribution < 1.29 is 46.7 Å². The minimum absolute atomic E-state index is 0. The van der Waals surface area contributed by atoms with E-state index in [2.05, 4.69) is 30.2 Å². The Morgan fingerprint density at radius 3 is 1.14 bits per heavy atom. The number of hydrogen-bond donors (Lipinski definition) is 0. The molecule has 0 aliphatic rings. The van der Waals surface area contributed by atoms with Gasteiger partial charge < -0.3 is 4.55 Å². The van der Waals surface area contributed by atoms with Gasteiger partial charge in [-0.25, -0.2) is 8.42 Å². The molecule has 0 spiro atoms. The molecule has 0 aliphatic carbocycles. The molecule has 0 radical (unpaired) electrons. The van der Waals surface area contributed by atoms with Gasteiger partial charge in [0.25, 0.3) is 0 Å². The fourth-order valence-corrected chi connectivity index (χ4v) is 6.27. The van der Waals surface area contributed by atoms with E-state index in [1.807, 2.05) is 0 Å². The van der Waals surface area contributed by atoms with Crippen LogP contribution in [0, 0.1) is 5.92 Å². The molecule has 252 valence electrons. The first-order chi connectivity index (χ1) is 20.5. The molecular formula is C37H73NaO4S. The molecule has 0 bridgehead atoms. The van der Waals surface area contributed by atoms with Gasteiger partial charge in [0.2, 0.25) is 10.4 Å². The molecule has 43 heavy (non-hydrogen) atoms. The molecule has 0 amide bonds. The zero-order chi connectivity index (χ0) is 30.8. The third kappa shape index (κ3) is 40.6. The second kappa shape index (κ2) is 37.1. The number of rotatable bonds is 35. The predicted octanol–water partition coefficient (Wildman–Crippen LogP) is 9.77. The fraction of sp³-hybridized carbons (Fsp3) is 0.946. The molecule has 4 nitrogen and oxygen atoms in total. The number of unbranched alkanes of at least 4 members (excludes halogenated alkanes) is 28. The van der Waals surface area contributed by atoms with E-state index in [4.69, 9.17) is 0 Å². The van der Waals surface area contributed by atoms with Crippen molar-refractivity contribution in [3.8, 4) is 0 Å². The zero-order valence-corrected chi connectivity index (χ0v) is 32.2. The molecule has 0 aromatic carbocycles. The van der Waals surface area contributed by atoms with Crippen LogP contribution in [0.1, 0.15) is 213 Å². The van der Waals surface area contributed by atoms with Crippen LogP contribution in [0.4, 0.5) is 0 Å². The average molecular weight is 637 g/mol. The van der Waals surface area contributed by atoms with Gasteiger partial charge in [0, 0.05) is 5.92 Å². The average Bonchev–Trinajstić information content (AvgIpc) is 2.96. The Morgan fingerprint density at radius 2 is 0.814 bits per heavy atom. The standard InChI is InChI=1S/C37H74O4S.Na/c1-3-5-7-9-11-13-15-17-18-19-20-21-22-23-25-27-29-31-33-35-37(36-41-42(38,39)40)34-32-30-28-26-24-16-14-12-10-8-6-4-2;/h33,35,37H,3-32,34,36H2,1-2H3,(H,38,39,40);/q;+1/p-1/b35-33+;. The predicted molar refractivity (Wildman–Crippen MR) is 183 cm³/mol. The van der Waals surface area contributed by atoms with Crippen LogP contribution in [-0.2, 0) is 14.6 Å². The van der Waals surface area contributed by atoms with Gasteiger partial charge in [0.05, 0.1) is 6.61 Å². The van der Waals surface area contributed by atoms with Crippen molar-refractivity contribution in [2.45, 2.75) is 213 Å². The van der Waals surface area contributed by atoms with Crippen LogP contribution in [0.5, 0.6) is 0 Å². The third-order valence-corrected chi connectivity index (χ3v) is 9.16. The zero-order valence-electron chi connectivity index (χ0n) is 29.4. The van der Waals surface area contributed by atoms with Crippen molar-refractivity contribution in [1.82, 2.24) is 0 Å². The molecule has 0 rings (SSSR count). The molecule has 0 N–H and O–H groups in total. The summed E-state index contributed by atoms with van der Waals surface area (Å²) in [4.78, 5) is 0. The maximum atomic E-state index is 11.0. The Bertz CT molecular complexity index is 653. The molecule has 1 unspecified atom stereocenters. The van der Waals surface area contributed by atoms with E-state index in [1.165, 1.54) is 180 Å². The smallest absolute Gasteiger partial charge is 0.726 e. The summed E-state index contributed by atoms with van der Waals surface area (Å²) in [6, 6.07) is 0. The maximum Gasteiger partial charge on any atom is 1.00 e. The largest absolute Gasteiger partial charge is 1.00 e. The summed E-state index contributed by atoms with van der Waals surface area (Å²) in [6.45, 7) is 4.53. The van der Waals surface area contributed by atoms with Crippen LogP contribution in [0.25, 0.3) is 0 Å². The van der Waals surface area contributed by atoms with E-state index in [0.29, 0.717) is 0 Å². The van der Waals surface area contributed by atoms with Crippen LogP contribution in [0.2, 0.25) is 0 Å². The van der Waals surface area contributed by atoms with E-state index < -0.39 is 10.4 Å². The van der Waals surface area contributed by atoms with Crippen molar-refractivity contribution >= 4 is 10.4 Å². The summed E-state index contributed by atoms with van der Waals surface area (Å²) in [5.74, 6) is 0.0163. The number of allylic oxidation sites excluding steroid dienone is 1. The second-order valence-electron chi connectivity index (χ2n) is 13.0. The van der Waals surface area contributed by atoms with Gasteiger partial charge in [-0.2, -0.15) is 0 Å². The van der Waals surface area contributed by atoms with Crippen LogP contribution in [0.15, 0.2) is 12.2 Å². The van der Waals surface area contributed by atoms with Crippen LogP contribution < -0.4 is 29.6 Å². The van der Waals surface area contributed by atoms with Crippen molar-refractivity contribution in [3.63, 3.8) is 0 Å². The molecular weight excluding hydrogens is 563 g/mol. The Balaban J connectivity index is 0. The number of hydrogen-bond acceptors (Lipinski definition) is 4. The molecule has 0 heterocycles. The van der Waals surface area contributed by atoms with Gasteiger partial charge in [-0.1, -0.05) is 206 Å². The molecule has 0 aromatic heterocycles. The molecule has 0 fully saturated rings. The van der Waals surface area contributed by atoms with Crippen molar-refractivity contribution in [1.29, 1.82) is 0 Å². The van der Waals surface area contributed by atoms with Crippen LogP contribution >= 0.6 is 0 Å². The Morgan fingerprint density at radius 1 is 0.512 bits per heavy atom. The first-order valence-corrected chi connectivity index (χ1v) is 20.1. The Hall–Kier alpha value is 0.610. The van der Waals surface area contributed by atoms with E-state index in [-0.39, 0.29) is 42.1 Å². The van der Waals surface area contributed by atoms with Crippen LogP contribution in [0.3, 0.4) is 0 Å². The minimum Gasteiger partial charge on any atom is -0.726 e.